The van der Waals surface area contributed by atoms with Gasteiger partial charge in [-0.3, -0.25) is 4.79 Å². The van der Waals surface area contributed by atoms with E-state index in [9.17, 15) is 22.0 Å². The molecule has 0 saturated carbocycles. The number of rotatable bonds is 5. The minimum atomic E-state index is -4.10. The summed E-state index contributed by atoms with van der Waals surface area (Å²) < 4.78 is 55.1. The SMILES string of the molecule is CN1CCCC1CNC(=O)c1cc(S(=O)(=O)N2CCCCC2)c(F)cc1F. The molecule has 2 fully saturated rings. The Labute approximate surface area is 158 Å². The maximum absolute atomic E-state index is 14.2. The number of likely N-dealkylation sites (tertiary alicyclic amines) is 1. The van der Waals surface area contributed by atoms with E-state index in [2.05, 4.69) is 10.2 Å². The summed E-state index contributed by atoms with van der Waals surface area (Å²) in [4.78, 5) is 13.9. The van der Waals surface area contributed by atoms with E-state index in [4.69, 9.17) is 0 Å². The normalized spacial score (nSPS) is 22.1. The topological polar surface area (TPSA) is 69.7 Å². The van der Waals surface area contributed by atoms with Crippen molar-refractivity contribution in [1.29, 1.82) is 0 Å². The Morgan fingerprint density at radius 3 is 2.44 bits per heavy atom. The molecule has 150 valence electrons. The third kappa shape index (κ3) is 4.30. The summed E-state index contributed by atoms with van der Waals surface area (Å²) in [6, 6.07) is 1.46. The summed E-state index contributed by atoms with van der Waals surface area (Å²) in [5.41, 5.74) is -0.451. The first-order valence-corrected chi connectivity index (χ1v) is 10.7. The summed E-state index contributed by atoms with van der Waals surface area (Å²) in [5, 5.41) is 2.64. The van der Waals surface area contributed by atoms with Crippen molar-refractivity contribution in [1.82, 2.24) is 14.5 Å². The Kier molecular flexibility index (Phi) is 6.12. The van der Waals surface area contributed by atoms with Crippen LogP contribution in [0.2, 0.25) is 0 Å². The predicted octanol–water partition coefficient (Wildman–Crippen LogP) is 1.96. The van der Waals surface area contributed by atoms with Crippen LogP contribution in [0, 0.1) is 11.6 Å². The second kappa shape index (κ2) is 8.20. The van der Waals surface area contributed by atoms with Crippen LogP contribution in [0.1, 0.15) is 42.5 Å². The van der Waals surface area contributed by atoms with Crippen molar-refractivity contribution >= 4 is 15.9 Å². The van der Waals surface area contributed by atoms with Crippen molar-refractivity contribution < 1.29 is 22.0 Å². The van der Waals surface area contributed by atoms with Crippen LogP contribution >= 0.6 is 0 Å². The van der Waals surface area contributed by atoms with Gasteiger partial charge >= 0.3 is 0 Å². The van der Waals surface area contributed by atoms with Crippen LogP contribution in [-0.4, -0.2) is 62.8 Å². The zero-order chi connectivity index (χ0) is 19.6. The highest BCUT2D eigenvalue weighted by molar-refractivity contribution is 7.89. The molecule has 0 aliphatic carbocycles. The average molecular weight is 401 g/mol. The molecule has 2 aliphatic rings. The van der Waals surface area contributed by atoms with Crippen LogP contribution in [0.25, 0.3) is 0 Å². The van der Waals surface area contributed by atoms with Gasteiger partial charge in [-0.25, -0.2) is 17.2 Å². The molecule has 2 aliphatic heterocycles. The van der Waals surface area contributed by atoms with E-state index in [1.165, 1.54) is 4.31 Å². The Balaban J connectivity index is 1.81. The van der Waals surface area contributed by atoms with Gasteiger partial charge in [0.25, 0.3) is 5.91 Å². The Bertz CT molecular complexity index is 810. The first kappa shape index (κ1) is 20.2. The number of nitrogens with one attached hydrogen (secondary N) is 1. The third-order valence-electron chi connectivity index (χ3n) is 5.37. The number of amides is 1. The molecule has 1 atom stereocenters. The van der Waals surface area contributed by atoms with E-state index in [1.807, 2.05) is 7.05 Å². The zero-order valence-electron chi connectivity index (χ0n) is 15.4. The van der Waals surface area contributed by atoms with Crippen molar-refractivity contribution in [2.24, 2.45) is 0 Å². The van der Waals surface area contributed by atoms with Gasteiger partial charge in [0.2, 0.25) is 10.0 Å². The number of likely N-dealkylation sites (N-methyl/N-ethyl adjacent to an activating group) is 1. The minimum Gasteiger partial charge on any atom is -0.350 e. The number of carbonyl (C=O) groups excluding carboxylic acids is 1. The predicted molar refractivity (Wildman–Crippen MR) is 97.0 cm³/mol. The molecule has 9 heteroatoms. The molecule has 0 spiro atoms. The molecule has 1 amide bonds. The van der Waals surface area contributed by atoms with Gasteiger partial charge in [-0.1, -0.05) is 6.42 Å². The maximum atomic E-state index is 14.2. The van der Waals surface area contributed by atoms with Gasteiger partial charge < -0.3 is 10.2 Å². The summed E-state index contributed by atoms with van der Waals surface area (Å²) >= 11 is 0. The maximum Gasteiger partial charge on any atom is 0.254 e. The molecule has 2 heterocycles. The Morgan fingerprint density at radius 1 is 1.11 bits per heavy atom. The fourth-order valence-corrected chi connectivity index (χ4v) is 5.28. The van der Waals surface area contributed by atoms with E-state index < -0.39 is 38.0 Å². The van der Waals surface area contributed by atoms with Crippen LogP contribution < -0.4 is 5.32 Å². The second-order valence-electron chi connectivity index (χ2n) is 7.21. The zero-order valence-corrected chi connectivity index (χ0v) is 16.2. The van der Waals surface area contributed by atoms with E-state index in [0.29, 0.717) is 38.5 Å². The van der Waals surface area contributed by atoms with Crippen molar-refractivity contribution in [2.75, 3.05) is 33.2 Å². The van der Waals surface area contributed by atoms with E-state index in [-0.39, 0.29) is 6.04 Å². The van der Waals surface area contributed by atoms with Crippen molar-refractivity contribution in [3.63, 3.8) is 0 Å². The van der Waals surface area contributed by atoms with Gasteiger partial charge in [-0.05, 0) is 45.3 Å². The van der Waals surface area contributed by atoms with Crippen molar-refractivity contribution in [3.05, 3.63) is 29.3 Å². The van der Waals surface area contributed by atoms with Gasteiger partial charge in [-0.15, -0.1) is 0 Å². The number of hydrogen-bond donors (Lipinski definition) is 1. The lowest BCUT2D eigenvalue weighted by atomic mass is 10.1. The molecule has 0 bridgehead atoms. The smallest absolute Gasteiger partial charge is 0.254 e. The average Bonchev–Trinajstić information content (AvgIpc) is 3.05. The largest absolute Gasteiger partial charge is 0.350 e. The van der Waals surface area contributed by atoms with E-state index in [0.717, 1.165) is 31.9 Å². The fourth-order valence-electron chi connectivity index (χ4n) is 3.69. The van der Waals surface area contributed by atoms with Crippen LogP contribution in [0.15, 0.2) is 17.0 Å². The monoisotopic (exact) mass is 401 g/mol. The van der Waals surface area contributed by atoms with Gasteiger partial charge in [0.05, 0.1) is 5.56 Å². The van der Waals surface area contributed by atoms with Gasteiger partial charge in [0.15, 0.2) is 0 Å². The van der Waals surface area contributed by atoms with Crippen molar-refractivity contribution in [3.8, 4) is 0 Å². The Hall–Kier alpha value is -1.58. The molecular formula is C18H25F2N3O3S. The molecule has 1 aromatic carbocycles. The number of piperidine rings is 1. The molecule has 1 unspecified atom stereocenters. The third-order valence-corrected chi connectivity index (χ3v) is 7.28. The number of carbonyl (C=O) groups is 1. The van der Waals surface area contributed by atoms with Crippen molar-refractivity contribution in [2.45, 2.75) is 43.0 Å². The number of halogens is 2. The van der Waals surface area contributed by atoms with Crippen LogP contribution in [0.4, 0.5) is 8.78 Å². The van der Waals surface area contributed by atoms with Crippen LogP contribution in [0.3, 0.4) is 0 Å². The standard InChI is InChI=1S/C18H25F2N3O3S/c1-22-7-5-6-13(22)12-21-18(24)14-10-17(16(20)11-15(14)19)27(25,26)23-8-3-2-4-9-23/h10-11,13H,2-9,12H2,1H3,(H,21,24). The quantitative estimate of drug-likeness (QED) is 0.819. The number of nitrogens with zero attached hydrogens (tertiary/aromatic N) is 2. The molecule has 6 nitrogen and oxygen atoms in total. The summed E-state index contributed by atoms with van der Waals surface area (Å²) in [7, 11) is -2.15. The summed E-state index contributed by atoms with van der Waals surface area (Å²) in [5.74, 6) is -2.98. The Morgan fingerprint density at radius 2 is 1.81 bits per heavy atom. The molecule has 2 saturated heterocycles. The first-order valence-electron chi connectivity index (χ1n) is 9.28. The number of sulfonamides is 1. The van der Waals surface area contributed by atoms with Crippen LogP contribution in [-0.2, 0) is 10.0 Å². The molecule has 1 aromatic rings. The lowest BCUT2D eigenvalue weighted by molar-refractivity contribution is 0.0939. The van der Waals surface area contributed by atoms with E-state index in [1.54, 1.807) is 0 Å². The molecule has 0 aromatic heterocycles. The highest BCUT2D eigenvalue weighted by Gasteiger charge is 2.31. The lowest BCUT2D eigenvalue weighted by Crippen LogP contribution is -2.39. The molecule has 27 heavy (non-hydrogen) atoms. The minimum absolute atomic E-state index is 0.161. The molecule has 0 radical (unpaired) electrons. The second-order valence-corrected chi connectivity index (χ2v) is 9.12. The highest BCUT2D eigenvalue weighted by Crippen LogP contribution is 2.25. The fraction of sp³-hybridized carbons (Fsp3) is 0.611. The highest BCUT2D eigenvalue weighted by atomic mass is 32.2. The van der Waals surface area contributed by atoms with Gasteiger partial charge in [0.1, 0.15) is 16.5 Å². The summed E-state index contributed by atoms with van der Waals surface area (Å²) in [6.45, 7) is 1.87. The van der Waals surface area contributed by atoms with Crippen LogP contribution in [0.5, 0.6) is 0 Å². The first-order chi connectivity index (χ1) is 12.8. The van der Waals surface area contributed by atoms with Gasteiger partial charge in [-0.2, -0.15) is 4.31 Å². The summed E-state index contributed by atoms with van der Waals surface area (Å²) in [6.07, 6.45) is 4.27. The lowest BCUT2D eigenvalue weighted by Gasteiger charge is -2.26. The van der Waals surface area contributed by atoms with E-state index >= 15 is 0 Å². The molecule has 1 N–H and O–H groups in total. The molecule has 3 rings (SSSR count). The number of benzene rings is 1. The number of hydrogen-bond acceptors (Lipinski definition) is 4. The molecular weight excluding hydrogens is 376 g/mol. The van der Waals surface area contributed by atoms with Gasteiger partial charge in [0, 0.05) is 31.7 Å².